The Kier molecular flexibility index (Phi) is 7.47. The minimum absolute atomic E-state index is 0.0628. The maximum absolute atomic E-state index is 13.1. The van der Waals surface area contributed by atoms with Gasteiger partial charge in [-0.2, -0.15) is 0 Å². The normalized spacial score (nSPS) is 13.6. The van der Waals surface area contributed by atoms with Crippen LogP contribution in [0, 0.1) is 0 Å². The van der Waals surface area contributed by atoms with Gasteiger partial charge >= 0.3 is 0 Å². The van der Waals surface area contributed by atoms with Crippen molar-refractivity contribution in [3.05, 3.63) is 91.9 Å². The molecular formula is C25H25Br2N3O3S. The van der Waals surface area contributed by atoms with Gasteiger partial charge in [0.1, 0.15) is 4.90 Å². The molecule has 4 rings (SSSR count). The number of rotatable bonds is 6. The van der Waals surface area contributed by atoms with Crippen molar-refractivity contribution in [2.75, 3.05) is 25.4 Å². The minimum Gasteiger partial charge on any atom is -0.334 e. The summed E-state index contributed by atoms with van der Waals surface area (Å²) in [5.74, 6) is -0.0628. The van der Waals surface area contributed by atoms with Crippen molar-refractivity contribution in [3.8, 4) is 0 Å². The number of halogens is 2. The SMILES string of the molecule is CN(C)Cc1ccc2c(c1)CCN(C(=O)c1ccc(NS(=O)(=O)c3cc(Br)ccc3Br)cc1)C2. The molecule has 0 radical (unpaired) electrons. The Hall–Kier alpha value is -2.20. The predicted molar refractivity (Wildman–Crippen MR) is 141 cm³/mol. The summed E-state index contributed by atoms with van der Waals surface area (Å²) in [6.07, 6.45) is 0.821. The predicted octanol–water partition coefficient (Wildman–Crippen LogP) is 5.27. The van der Waals surface area contributed by atoms with Crippen molar-refractivity contribution in [1.29, 1.82) is 0 Å². The highest BCUT2D eigenvalue weighted by Crippen LogP contribution is 2.28. The number of fused-ring (bicyclic) bond motifs is 1. The van der Waals surface area contributed by atoms with E-state index in [0.717, 1.165) is 13.0 Å². The van der Waals surface area contributed by atoms with Crippen molar-refractivity contribution in [2.45, 2.75) is 24.4 Å². The monoisotopic (exact) mass is 605 g/mol. The first-order valence-electron chi connectivity index (χ1n) is 10.7. The van der Waals surface area contributed by atoms with E-state index in [1.54, 1.807) is 36.4 Å². The first-order valence-corrected chi connectivity index (χ1v) is 13.8. The standard InChI is InChI=1S/C25H25Br2N3O3S/c1-29(2)15-17-3-4-20-16-30(12-11-19(20)13-17)25(31)18-5-8-22(9-6-18)28-34(32,33)24-14-21(26)7-10-23(24)27/h3-10,13-14,28H,11-12,15-16H2,1-2H3. The summed E-state index contributed by atoms with van der Waals surface area (Å²) in [6.45, 7) is 2.12. The lowest BCUT2D eigenvalue weighted by Crippen LogP contribution is -2.36. The molecule has 1 N–H and O–H groups in total. The number of hydrogen-bond donors (Lipinski definition) is 1. The second-order valence-corrected chi connectivity index (χ2v) is 12.0. The van der Waals surface area contributed by atoms with Gasteiger partial charge in [0.05, 0.1) is 0 Å². The fraction of sp³-hybridized carbons (Fsp3) is 0.240. The lowest BCUT2D eigenvalue weighted by Gasteiger charge is -2.29. The summed E-state index contributed by atoms with van der Waals surface area (Å²) >= 11 is 6.59. The van der Waals surface area contributed by atoms with E-state index in [1.165, 1.54) is 22.8 Å². The molecule has 1 amide bonds. The van der Waals surface area contributed by atoms with Gasteiger partial charge < -0.3 is 9.80 Å². The van der Waals surface area contributed by atoms with E-state index in [0.29, 0.717) is 33.3 Å². The summed E-state index contributed by atoms with van der Waals surface area (Å²) in [4.78, 5) is 17.2. The zero-order valence-corrected chi connectivity index (χ0v) is 22.9. The average Bonchev–Trinajstić information content (AvgIpc) is 2.79. The molecule has 34 heavy (non-hydrogen) atoms. The third kappa shape index (κ3) is 5.71. The van der Waals surface area contributed by atoms with Crippen LogP contribution in [0.5, 0.6) is 0 Å². The molecule has 0 aliphatic carbocycles. The minimum atomic E-state index is -3.79. The Labute approximate surface area is 217 Å². The lowest BCUT2D eigenvalue weighted by molar-refractivity contribution is 0.0734. The number of anilines is 1. The van der Waals surface area contributed by atoms with E-state index in [2.05, 4.69) is 73.8 Å². The molecule has 1 aliphatic rings. The quantitative estimate of drug-likeness (QED) is 0.415. The molecule has 0 unspecified atom stereocenters. The second-order valence-electron chi connectivity index (χ2n) is 8.58. The van der Waals surface area contributed by atoms with E-state index in [-0.39, 0.29) is 10.8 Å². The number of nitrogens with one attached hydrogen (secondary N) is 1. The van der Waals surface area contributed by atoms with Crippen molar-refractivity contribution in [2.24, 2.45) is 0 Å². The number of carbonyl (C=O) groups is 1. The summed E-state index contributed by atoms with van der Waals surface area (Å²) in [6, 6.07) is 18.0. The molecule has 3 aromatic carbocycles. The van der Waals surface area contributed by atoms with Crippen LogP contribution in [0.15, 0.2) is 74.5 Å². The van der Waals surface area contributed by atoms with E-state index < -0.39 is 10.0 Å². The Morgan fingerprint density at radius 3 is 2.44 bits per heavy atom. The number of carbonyl (C=O) groups excluding carboxylic acids is 1. The molecule has 178 valence electrons. The Morgan fingerprint density at radius 2 is 1.74 bits per heavy atom. The van der Waals surface area contributed by atoms with Crippen LogP contribution in [-0.2, 0) is 29.5 Å². The molecule has 1 heterocycles. The van der Waals surface area contributed by atoms with Gasteiger partial charge in [-0.15, -0.1) is 0 Å². The summed E-state index contributed by atoms with van der Waals surface area (Å²) in [5, 5.41) is 0. The smallest absolute Gasteiger partial charge is 0.263 e. The Bertz CT molecular complexity index is 1330. The van der Waals surface area contributed by atoms with Gasteiger partial charge in [0.25, 0.3) is 15.9 Å². The lowest BCUT2D eigenvalue weighted by atomic mass is 9.96. The van der Waals surface area contributed by atoms with Crippen LogP contribution in [0.1, 0.15) is 27.0 Å². The molecular weight excluding hydrogens is 582 g/mol. The molecule has 0 bridgehead atoms. The number of benzene rings is 3. The number of sulfonamides is 1. The van der Waals surface area contributed by atoms with Crippen molar-refractivity contribution >= 4 is 53.5 Å². The van der Waals surface area contributed by atoms with E-state index in [1.807, 2.05) is 4.90 Å². The first kappa shape index (κ1) is 24.9. The highest BCUT2D eigenvalue weighted by molar-refractivity contribution is 9.11. The molecule has 6 nitrogen and oxygen atoms in total. The Morgan fingerprint density at radius 1 is 1.00 bits per heavy atom. The van der Waals surface area contributed by atoms with Gasteiger partial charge in [-0.05, 0) is 95.6 Å². The van der Waals surface area contributed by atoms with Crippen LogP contribution in [0.3, 0.4) is 0 Å². The Balaban J connectivity index is 1.45. The third-order valence-corrected chi connectivity index (χ3v) is 8.50. The molecule has 0 fully saturated rings. The molecule has 3 aromatic rings. The van der Waals surface area contributed by atoms with Crippen LogP contribution in [-0.4, -0.2) is 44.8 Å². The van der Waals surface area contributed by atoms with E-state index >= 15 is 0 Å². The second kappa shape index (κ2) is 10.2. The zero-order valence-electron chi connectivity index (χ0n) is 18.9. The number of nitrogens with zero attached hydrogens (tertiary/aromatic N) is 2. The summed E-state index contributed by atoms with van der Waals surface area (Å²) < 4.78 is 29.3. The maximum Gasteiger partial charge on any atom is 0.263 e. The number of hydrogen-bond acceptors (Lipinski definition) is 4. The van der Waals surface area contributed by atoms with Crippen LogP contribution >= 0.6 is 31.9 Å². The van der Waals surface area contributed by atoms with E-state index in [9.17, 15) is 13.2 Å². The molecule has 0 spiro atoms. The van der Waals surface area contributed by atoms with Crippen LogP contribution < -0.4 is 4.72 Å². The van der Waals surface area contributed by atoms with Gasteiger partial charge in [-0.25, -0.2) is 8.42 Å². The maximum atomic E-state index is 13.1. The molecule has 0 atom stereocenters. The largest absolute Gasteiger partial charge is 0.334 e. The van der Waals surface area contributed by atoms with Crippen molar-refractivity contribution in [3.63, 3.8) is 0 Å². The third-order valence-electron chi connectivity index (χ3n) is 5.64. The topological polar surface area (TPSA) is 69.7 Å². The molecule has 1 aliphatic heterocycles. The van der Waals surface area contributed by atoms with Gasteiger partial charge in [-0.3, -0.25) is 9.52 Å². The fourth-order valence-electron chi connectivity index (χ4n) is 4.00. The van der Waals surface area contributed by atoms with E-state index in [4.69, 9.17) is 0 Å². The number of amides is 1. The van der Waals surface area contributed by atoms with Gasteiger partial charge in [0.2, 0.25) is 0 Å². The highest BCUT2D eigenvalue weighted by atomic mass is 79.9. The van der Waals surface area contributed by atoms with Crippen LogP contribution in [0.4, 0.5) is 5.69 Å². The summed E-state index contributed by atoms with van der Waals surface area (Å²) in [7, 11) is 0.313. The van der Waals surface area contributed by atoms with Crippen molar-refractivity contribution < 1.29 is 13.2 Å². The van der Waals surface area contributed by atoms with Crippen molar-refractivity contribution in [1.82, 2.24) is 9.80 Å². The molecule has 9 heteroatoms. The molecule has 0 saturated heterocycles. The van der Waals surface area contributed by atoms with Gasteiger partial charge in [-0.1, -0.05) is 34.1 Å². The average molecular weight is 607 g/mol. The summed E-state index contributed by atoms with van der Waals surface area (Å²) in [5.41, 5.74) is 4.66. The van der Waals surface area contributed by atoms with Gasteiger partial charge in [0, 0.05) is 39.8 Å². The highest BCUT2D eigenvalue weighted by Gasteiger charge is 2.23. The van der Waals surface area contributed by atoms with Crippen LogP contribution in [0.25, 0.3) is 0 Å². The fourth-order valence-corrected chi connectivity index (χ4v) is 6.56. The molecule has 0 aromatic heterocycles. The molecule has 0 saturated carbocycles. The van der Waals surface area contributed by atoms with Gasteiger partial charge in [0.15, 0.2) is 0 Å². The van der Waals surface area contributed by atoms with Crippen LogP contribution in [0.2, 0.25) is 0 Å². The first-order chi connectivity index (χ1) is 16.1. The zero-order chi connectivity index (χ0) is 24.5.